The number of benzene rings is 3. The van der Waals surface area contributed by atoms with E-state index in [-0.39, 0.29) is 17.9 Å². The van der Waals surface area contributed by atoms with Crippen molar-refractivity contribution in [1.82, 2.24) is 19.8 Å². The van der Waals surface area contributed by atoms with Gasteiger partial charge in [0, 0.05) is 61.6 Å². The van der Waals surface area contributed by atoms with Crippen LogP contribution in [-0.2, 0) is 33.8 Å². The SMILES string of the molecule is CC(=O)OCC(C)N1CCc2nc(-c3cccc(-c4cccc(-c5nc6cc(CN7CC[C@@H](C(=O)O)C7)cc(C#N)c6o5)c4C)c3C)sc2C1. The Morgan fingerprint density at radius 1 is 1.08 bits per heavy atom. The molecular formula is C39H39N5O5S. The van der Waals surface area contributed by atoms with Crippen molar-refractivity contribution in [3.63, 3.8) is 0 Å². The number of rotatable bonds is 9. The van der Waals surface area contributed by atoms with Crippen LogP contribution in [0.5, 0.6) is 0 Å². The molecule has 2 aliphatic rings. The molecule has 2 aliphatic heterocycles. The van der Waals surface area contributed by atoms with E-state index >= 15 is 0 Å². The molecule has 4 heterocycles. The Labute approximate surface area is 294 Å². The summed E-state index contributed by atoms with van der Waals surface area (Å²) in [4.78, 5) is 38.4. The Bertz CT molecular complexity index is 2160. The highest BCUT2D eigenvalue weighted by Crippen LogP contribution is 2.40. The Morgan fingerprint density at radius 2 is 1.80 bits per heavy atom. The number of carbonyl (C=O) groups excluding carboxylic acids is 1. The Hall–Kier alpha value is -4.89. The lowest BCUT2D eigenvalue weighted by Gasteiger charge is -2.31. The van der Waals surface area contributed by atoms with Crippen molar-refractivity contribution in [2.75, 3.05) is 26.2 Å². The maximum atomic E-state index is 11.4. The predicted molar refractivity (Wildman–Crippen MR) is 191 cm³/mol. The molecule has 3 aromatic carbocycles. The van der Waals surface area contributed by atoms with Gasteiger partial charge in [-0.05, 0) is 79.8 Å². The van der Waals surface area contributed by atoms with Crippen molar-refractivity contribution in [3.05, 3.63) is 81.4 Å². The smallest absolute Gasteiger partial charge is 0.307 e. The number of carboxylic acids is 1. The number of aromatic nitrogens is 2. The lowest BCUT2D eigenvalue weighted by Crippen LogP contribution is -2.40. The second-order valence-corrected chi connectivity index (χ2v) is 14.5. The average Bonchev–Trinajstić information content (AvgIpc) is 3.85. The normalized spacial score (nSPS) is 17.1. The number of carboxylic acid groups (broad SMARTS) is 1. The van der Waals surface area contributed by atoms with Crippen molar-refractivity contribution < 1.29 is 23.8 Å². The van der Waals surface area contributed by atoms with Gasteiger partial charge in [0.15, 0.2) is 5.58 Å². The van der Waals surface area contributed by atoms with E-state index in [4.69, 9.17) is 19.1 Å². The maximum Gasteiger partial charge on any atom is 0.307 e. The summed E-state index contributed by atoms with van der Waals surface area (Å²) in [6.45, 7) is 11.6. The lowest BCUT2D eigenvalue weighted by molar-refractivity contribution is -0.143. The molecular weight excluding hydrogens is 651 g/mol. The molecule has 2 aromatic heterocycles. The van der Waals surface area contributed by atoms with Crippen molar-refractivity contribution in [2.45, 2.75) is 59.7 Å². The van der Waals surface area contributed by atoms with Crippen LogP contribution in [0.15, 0.2) is 52.9 Å². The third-order valence-corrected chi connectivity index (χ3v) is 11.1. The molecule has 256 valence electrons. The molecule has 0 saturated carbocycles. The number of nitriles is 1. The van der Waals surface area contributed by atoms with Crippen LogP contribution in [0.3, 0.4) is 0 Å². The van der Waals surface area contributed by atoms with Gasteiger partial charge in [0.05, 0.1) is 17.2 Å². The highest BCUT2D eigenvalue weighted by Gasteiger charge is 2.29. The fraction of sp³-hybridized carbons (Fsp3) is 0.359. The summed E-state index contributed by atoms with van der Waals surface area (Å²) in [6.07, 6.45) is 1.48. The number of likely N-dealkylation sites (tertiary alicyclic amines) is 1. The minimum atomic E-state index is -0.764. The van der Waals surface area contributed by atoms with Gasteiger partial charge in [0.25, 0.3) is 0 Å². The monoisotopic (exact) mass is 689 g/mol. The molecule has 1 N–H and O–H groups in total. The predicted octanol–water partition coefficient (Wildman–Crippen LogP) is 6.99. The van der Waals surface area contributed by atoms with Gasteiger partial charge in [-0.1, -0.05) is 30.3 Å². The largest absolute Gasteiger partial charge is 0.481 e. The Morgan fingerprint density at radius 3 is 2.50 bits per heavy atom. The zero-order valence-corrected chi connectivity index (χ0v) is 29.5. The molecule has 7 rings (SSSR count). The van der Waals surface area contributed by atoms with Gasteiger partial charge in [0.1, 0.15) is 23.2 Å². The molecule has 10 nitrogen and oxygen atoms in total. The van der Waals surface area contributed by atoms with Crippen LogP contribution < -0.4 is 0 Å². The Balaban J connectivity index is 1.16. The topological polar surface area (TPSA) is 133 Å². The van der Waals surface area contributed by atoms with Gasteiger partial charge in [-0.2, -0.15) is 5.26 Å². The maximum absolute atomic E-state index is 11.4. The minimum Gasteiger partial charge on any atom is -0.481 e. The van der Waals surface area contributed by atoms with Crippen molar-refractivity contribution >= 4 is 34.4 Å². The quantitative estimate of drug-likeness (QED) is 0.162. The molecule has 2 atom stereocenters. The summed E-state index contributed by atoms with van der Waals surface area (Å²) in [6, 6.07) is 18.6. The molecule has 1 unspecified atom stereocenters. The standard InChI is InChI=1S/C39H39N5O5S/c1-22(21-48-25(4)45)44-14-12-33-35(20-44)50-38(42-33)32-10-6-8-30(24(32)3)29-7-5-9-31(23(29)2)37-41-34-16-26(15-28(17-40)36(34)49-37)18-43-13-11-27(19-43)39(46)47/h5-10,15-16,22,27H,11-14,18-21H2,1-4H3,(H,46,47)/t22?,27-/m1/s1. The number of esters is 1. The molecule has 1 saturated heterocycles. The van der Waals surface area contributed by atoms with Crippen LogP contribution in [0.25, 0.3) is 44.3 Å². The van der Waals surface area contributed by atoms with Crippen molar-refractivity contribution in [2.24, 2.45) is 5.92 Å². The van der Waals surface area contributed by atoms with Gasteiger partial charge in [-0.25, -0.2) is 9.97 Å². The summed E-state index contributed by atoms with van der Waals surface area (Å²) >= 11 is 1.73. The number of hydrogen-bond donors (Lipinski definition) is 1. The van der Waals surface area contributed by atoms with E-state index in [9.17, 15) is 20.0 Å². The van der Waals surface area contributed by atoms with Crippen LogP contribution in [0.4, 0.5) is 0 Å². The number of oxazole rings is 1. The van der Waals surface area contributed by atoms with E-state index in [0.29, 0.717) is 55.2 Å². The lowest BCUT2D eigenvalue weighted by atomic mass is 9.91. The molecule has 11 heteroatoms. The van der Waals surface area contributed by atoms with Crippen LogP contribution in [0.2, 0.25) is 0 Å². The molecule has 5 aromatic rings. The van der Waals surface area contributed by atoms with Crippen LogP contribution in [0, 0.1) is 31.1 Å². The van der Waals surface area contributed by atoms with Gasteiger partial charge in [-0.15, -0.1) is 11.3 Å². The second kappa shape index (κ2) is 13.8. The first kappa shape index (κ1) is 33.6. The van der Waals surface area contributed by atoms with E-state index in [1.54, 1.807) is 11.3 Å². The van der Waals surface area contributed by atoms with E-state index in [2.05, 4.69) is 60.9 Å². The molecule has 0 bridgehead atoms. The number of thiazole rings is 1. The molecule has 0 aliphatic carbocycles. The number of hydrogen-bond acceptors (Lipinski definition) is 10. The third-order valence-electron chi connectivity index (χ3n) is 10.0. The van der Waals surface area contributed by atoms with Gasteiger partial charge >= 0.3 is 11.9 Å². The summed E-state index contributed by atoms with van der Waals surface area (Å²) in [5.74, 6) is -0.927. The van der Waals surface area contributed by atoms with E-state index < -0.39 is 5.97 Å². The zero-order chi connectivity index (χ0) is 35.1. The van der Waals surface area contributed by atoms with Crippen LogP contribution >= 0.6 is 11.3 Å². The number of nitrogens with zero attached hydrogens (tertiary/aromatic N) is 5. The highest BCUT2D eigenvalue weighted by atomic mass is 32.1. The van der Waals surface area contributed by atoms with Gasteiger partial charge < -0.3 is 14.3 Å². The van der Waals surface area contributed by atoms with Crippen molar-refractivity contribution in [1.29, 1.82) is 5.26 Å². The molecule has 0 amide bonds. The highest BCUT2D eigenvalue weighted by molar-refractivity contribution is 7.15. The fourth-order valence-electron chi connectivity index (χ4n) is 7.18. The van der Waals surface area contributed by atoms with Crippen LogP contribution in [0.1, 0.15) is 53.1 Å². The minimum absolute atomic E-state index is 0.135. The van der Waals surface area contributed by atoms with E-state index in [1.165, 1.54) is 11.8 Å². The first-order valence-corrected chi connectivity index (χ1v) is 17.8. The fourth-order valence-corrected chi connectivity index (χ4v) is 8.40. The van der Waals surface area contributed by atoms with Gasteiger partial charge in [0.2, 0.25) is 5.89 Å². The van der Waals surface area contributed by atoms with Crippen molar-refractivity contribution in [3.8, 4) is 39.2 Å². The molecule has 0 spiro atoms. The summed E-state index contributed by atoms with van der Waals surface area (Å²) in [5, 5.41) is 20.4. The number of aliphatic carboxylic acids is 1. The Kier molecular flexibility index (Phi) is 9.26. The molecule has 50 heavy (non-hydrogen) atoms. The summed E-state index contributed by atoms with van der Waals surface area (Å²) < 4.78 is 11.5. The molecule has 1 fully saturated rings. The summed E-state index contributed by atoms with van der Waals surface area (Å²) in [5.41, 5.74) is 9.81. The van der Waals surface area contributed by atoms with E-state index in [0.717, 1.165) is 69.2 Å². The zero-order valence-electron chi connectivity index (χ0n) is 28.7. The average molecular weight is 690 g/mol. The van der Waals surface area contributed by atoms with Gasteiger partial charge in [-0.3, -0.25) is 19.4 Å². The molecule has 0 radical (unpaired) electrons. The van der Waals surface area contributed by atoms with E-state index in [1.807, 2.05) is 24.3 Å². The number of ether oxygens (including phenoxy) is 1. The second-order valence-electron chi connectivity index (χ2n) is 13.4. The first-order valence-electron chi connectivity index (χ1n) is 16.9. The first-order chi connectivity index (χ1) is 24.1. The third kappa shape index (κ3) is 6.54. The van der Waals surface area contributed by atoms with Crippen LogP contribution in [-0.4, -0.2) is 69.1 Å². The number of fused-ring (bicyclic) bond motifs is 2. The summed E-state index contributed by atoms with van der Waals surface area (Å²) in [7, 11) is 0. The number of carbonyl (C=O) groups is 2.